The Labute approximate surface area is 117 Å². The van der Waals surface area contributed by atoms with Gasteiger partial charge >= 0.3 is 0 Å². The highest BCUT2D eigenvalue weighted by molar-refractivity contribution is 5.08. The number of rotatable bonds is 4. The Balaban J connectivity index is 1.72. The lowest BCUT2D eigenvalue weighted by atomic mass is 9.59. The van der Waals surface area contributed by atoms with Gasteiger partial charge in [-0.15, -0.1) is 0 Å². The van der Waals surface area contributed by atoms with E-state index in [0.29, 0.717) is 29.5 Å². The zero-order valence-corrected chi connectivity index (χ0v) is 12.7. The van der Waals surface area contributed by atoms with E-state index in [9.17, 15) is 0 Å². The summed E-state index contributed by atoms with van der Waals surface area (Å²) in [5.74, 6) is 3.09. The van der Waals surface area contributed by atoms with E-state index >= 15 is 0 Å². The largest absolute Gasteiger partial charge is 0.495 e. The van der Waals surface area contributed by atoms with Crippen molar-refractivity contribution >= 4 is 0 Å². The molecule has 19 heavy (non-hydrogen) atoms. The van der Waals surface area contributed by atoms with Crippen molar-refractivity contribution in [2.45, 2.75) is 65.1 Å². The molecule has 2 heterocycles. The maximum Gasteiger partial charge on any atom is 0.0991 e. The quantitative estimate of drug-likeness (QED) is 0.759. The predicted octanol–water partition coefficient (Wildman–Crippen LogP) is 4.16. The minimum absolute atomic E-state index is 0.360. The number of hydrogen-bond donors (Lipinski definition) is 0. The molecule has 108 valence electrons. The van der Waals surface area contributed by atoms with Gasteiger partial charge in [0, 0.05) is 5.92 Å². The summed E-state index contributed by atoms with van der Waals surface area (Å²) in [6, 6.07) is 0. The number of fused-ring (bicyclic) bond motifs is 1. The summed E-state index contributed by atoms with van der Waals surface area (Å²) in [5, 5.41) is 0. The monoisotopic (exact) mass is 264 g/mol. The van der Waals surface area contributed by atoms with Crippen molar-refractivity contribution in [3.8, 4) is 0 Å². The fourth-order valence-corrected chi connectivity index (χ4v) is 4.39. The van der Waals surface area contributed by atoms with Crippen molar-refractivity contribution in [2.75, 3.05) is 6.61 Å². The molecule has 0 radical (unpaired) electrons. The van der Waals surface area contributed by atoms with Gasteiger partial charge in [0.2, 0.25) is 0 Å². The van der Waals surface area contributed by atoms with E-state index in [1.165, 1.54) is 32.1 Å². The molecule has 0 aromatic rings. The zero-order chi connectivity index (χ0) is 13.6. The van der Waals surface area contributed by atoms with Crippen LogP contribution in [0.3, 0.4) is 0 Å². The number of ether oxygens (including phenoxy) is 2. The standard InChI is InChI=1S/C17H28O2/c1-11(2)12(3)18-10-17-7-14-5-15(8-17)13(4)19-16(6-14)9-17/h11-12,14-16H,4-10H2,1-3H3. The fourth-order valence-electron chi connectivity index (χ4n) is 4.39. The van der Waals surface area contributed by atoms with Gasteiger partial charge in [-0.1, -0.05) is 20.4 Å². The van der Waals surface area contributed by atoms with Crippen molar-refractivity contribution in [2.24, 2.45) is 23.2 Å². The van der Waals surface area contributed by atoms with Crippen LogP contribution in [-0.4, -0.2) is 18.8 Å². The minimum Gasteiger partial charge on any atom is -0.495 e. The maximum atomic E-state index is 6.19. The average molecular weight is 264 g/mol. The molecule has 2 saturated carbocycles. The van der Waals surface area contributed by atoms with Gasteiger partial charge in [-0.05, 0) is 56.3 Å². The molecule has 0 aromatic carbocycles. The number of hydrogen-bond acceptors (Lipinski definition) is 2. The van der Waals surface area contributed by atoms with Gasteiger partial charge in [0.1, 0.15) is 0 Å². The molecule has 2 saturated heterocycles. The number of allylic oxidation sites excluding steroid dienone is 1. The Kier molecular flexibility index (Phi) is 3.41. The highest BCUT2D eigenvalue weighted by atomic mass is 16.5. The van der Waals surface area contributed by atoms with Gasteiger partial charge in [0.15, 0.2) is 0 Å². The van der Waals surface area contributed by atoms with Crippen LogP contribution in [0.1, 0.15) is 52.9 Å². The van der Waals surface area contributed by atoms with Gasteiger partial charge in [0.05, 0.1) is 24.6 Å². The first kappa shape index (κ1) is 13.5. The van der Waals surface area contributed by atoms with Gasteiger partial charge < -0.3 is 9.47 Å². The maximum absolute atomic E-state index is 6.19. The Morgan fingerprint density at radius 1 is 1.26 bits per heavy atom. The second kappa shape index (κ2) is 4.80. The molecule has 4 aliphatic rings. The van der Waals surface area contributed by atoms with E-state index in [2.05, 4.69) is 27.4 Å². The van der Waals surface area contributed by atoms with Gasteiger partial charge in [-0.2, -0.15) is 0 Å². The van der Waals surface area contributed by atoms with E-state index in [-0.39, 0.29) is 0 Å². The van der Waals surface area contributed by atoms with Crippen molar-refractivity contribution in [1.82, 2.24) is 0 Å². The summed E-state index contributed by atoms with van der Waals surface area (Å²) in [6.07, 6.45) is 7.10. The summed E-state index contributed by atoms with van der Waals surface area (Å²) in [6.45, 7) is 11.8. The molecule has 0 spiro atoms. The third kappa shape index (κ3) is 2.56. The topological polar surface area (TPSA) is 18.5 Å². The van der Waals surface area contributed by atoms with E-state index in [0.717, 1.165) is 18.3 Å². The second-order valence-electron chi connectivity index (χ2n) is 7.61. The van der Waals surface area contributed by atoms with Crippen molar-refractivity contribution in [1.29, 1.82) is 0 Å². The lowest BCUT2D eigenvalue weighted by Crippen LogP contribution is -2.43. The molecule has 2 nitrogen and oxygen atoms in total. The third-order valence-electron chi connectivity index (χ3n) is 5.64. The van der Waals surface area contributed by atoms with Crippen molar-refractivity contribution in [3.63, 3.8) is 0 Å². The summed E-state index contributed by atoms with van der Waals surface area (Å²) in [4.78, 5) is 0. The molecule has 2 aliphatic heterocycles. The normalized spacial score (nSPS) is 42.3. The first-order valence-electron chi connectivity index (χ1n) is 7.94. The fraction of sp³-hybridized carbons (Fsp3) is 0.882. The molecule has 2 heteroatoms. The second-order valence-corrected chi connectivity index (χ2v) is 7.61. The predicted molar refractivity (Wildman–Crippen MR) is 76.8 cm³/mol. The van der Waals surface area contributed by atoms with E-state index in [1.807, 2.05) is 0 Å². The van der Waals surface area contributed by atoms with E-state index < -0.39 is 0 Å². The average Bonchev–Trinajstić information content (AvgIpc) is 2.49. The van der Waals surface area contributed by atoms with Crippen LogP contribution in [0.15, 0.2) is 12.3 Å². The van der Waals surface area contributed by atoms with E-state index in [4.69, 9.17) is 9.47 Å². The lowest BCUT2D eigenvalue weighted by Gasteiger charge is -2.47. The van der Waals surface area contributed by atoms with Crippen LogP contribution in [-0.2, 0) is 9.47 Å². The van der Waals surface area contributed by atoms with Crippen LogP contribution >= 0.6 is 0 Å². The first-order valence-corrected chi connectivity index (χ1v) is 7.94. The van der Waals surface area contributed by atoms with Crippen LogP contribution in [0.5, 0.6) is 0 Å². The lowest BCUT2D eigenvalue weighted by molar-refractivity contribution is -0.0784. The molecule has 5 unspecified atom stereocenters. The molecule has 0 amide bonds. The van der Waals surface area contributed by atoms with Gasteiger partial charge in [-0.25, -0.2) is 0 Å². The summed E-state index contributed by atoms with van der Waals surface area (Å²) >= 11 is 0. The Bertz CT molecular complexity index is 362. The van der Waals surface area contributed by atoms with Crippen molar-refractivity contribution < 1.29 is 9.47 Å². The van der Waals surface area contributed by atoms with Crippen molar-refractivity contribution in [3.05, 3.63) is 12.3 Å². The van der Waals surface area contributed by atoms with Crippen LogP contribution in [0, 0.1) is 23.2 Å². The Morgan fingerprint density at radius 2 is 2.05 bits per heavy atom. The first-order chi connectivity index (χ1) is 8.97. The minimum atomic E-state index is 0.360. The van der Waals surface area contributed by atoms with Crippen LogP contribution in [0.2, 0.25) is 0 Å². The molecule has 0 aromatic heterocycles. The molecular formula is C17H28O2. The summed E-state index contributed by atoms with van der Waals surface area (Å²) < 4.78 is 12.3. The van der Waals surface area contributed by atoms with Crippen LogP contribution in [0.4, 0.5) is 0 Å². The smallest absolute Gasteiger partial charge is 0.0991 e. The molecule has 5 atom stereocenters. The summed E-state index contributed by atoms with van der Waals surface area (Å²) in [7, 11) is 0. The van der Waals surface area contributed by atoms with Crippen LogP contribution < -0.4 is 0 Å². The van der Waals surface area contributed by atoms with Gasteiger partial charge in [-0.3, -0.25) is 0 Å². The Hall–Kier alpha value is -0.500. The molecule has 0 N–H and O–H groups in total. The molecule has 4 bridgehead atoms. The highest BCUT2D eigenvalue weighted by Gasteiger charge is 2.50. The zero-order valence-electron chi connectivity index (χ0n) is 12.7. The summed E-state index contributed by atoms with van der Waals surface area (Å²) in [5.41, 5.74) is 0.374. The SMILES string of the molecule is C=C1OC2CC3CC1CC(COC(C)C(C)C)(C3)C2. The molecule has 2 aliphatic carbocycles. The molecule has 4 fully saturated rings. The molecular weight excluding hydrogens is 236 g/mol. The van der Waals surface area contributed by atoms with Crippen LogP contribution in [0.25, 0.3) is 0 Å². The van der Waals surface area contributed by atoms with Gasteiger partial charge in [0.25, 0.3) is 0 Å². The third-order valence-corrected chi connectivity index (χ3v) is 5.64. The Morgan fingerprint density at radius 3 is 2.79 bits per heavy atom. The van der Waals surface area contributed by atoms with E-state index in [1.54, 1.807) is 0 Å². The molecule has 4 rings (SSSR count). The highest BCUT2D eigenvalue weighted by Crippen LogP contribution is 2.56.